The van der Waals surface area contributed by atoms with Gasteiger partial charge in [0.15, 0.2) is 11.6 Å². The molecule has 0 saturated carbocycles. The fourth-order valence-electron chi connectivity index (χ4n) is 1.22. The lowest BCUT2D eigenvalue weighted by Crippen LogP contribution is -2.07. The number of nitrogens with zero attached hydrogens (tertiary/aromatic N) is 2. The minimum Gasteiger partial charge on any atom is -0.475 e. The summed E-state index contributed by atoms with van der Waals surface area (Å²) >= 11 is 0. The number of aromatic nitrogens is 2. The maximum atomic E-state index is 5.23. The number of hydrogen-bond acceptors (Lipinski definition) is 4. The second kappa shape index (κ2) is 4.52. The van der Waals surface area contributed by atoms with Gasteiger partial charge in [-0.1, -0.05) is 30.3 Å². The summed E-state index contributed by atoms with van der Waals surface area (Å²) in [6.45, 7) is 0.133. The molecule has 0 atom stereocenters. The first-order valence-electron chi connectivity index (χ1n) is 4.60. The molecule has 15 heavy (non-hydrogen) atoms. The van der Waals surface area contributed by atoms with E-state index in [1.165, 1.54) is 0 Å². The van der Waals surface area contributed by atoms with E-state index in [-0.39, 0.29) is 6.73 Å². The molecule has 2 rings (SSSR count). The standard InChI is InChI=1S/C11H11N3O/c12-8-15-10-6-13-11(14-7-10)9-4-2-1-3-5-9/h1-7H,8,12H2. The Balaban J connectivity index is 2.24. The zero-order chi connectivity index (χ0) is 10.5. The van der Waals surface area contributed by atoms with Crippen LogP contribution < -0.4 is 10.5 Å². The molecule has 4 nitrogen and oxygen atoms in total. The van der Waals surface area contributed by atoms with Crippen molar-refractivity contribution in [2.75, 3.05) is 6.73 Å². The molecule has 0 aliphatic heterocycles. The van der Waals surface area contributed by atoms with Gasteiger partial charge in [-0.3, -0.25) is 5.73 Å². The third-order valence-electron chi connectivity index (χ3n) is 1.91. The molecule has 0 spiro atoms. The van der Waals surface area contributed by atoms with Crippen molar-refractivity contribution >= 4 is 0 Å². The van der Waals surface area contributed by atoms with Gasteiger partial charge in [0.25, 0.3) is 0 Å². The molecule has 2 N–H and O–H groups in total. The fourth-order valence-corrected chi connectivity index (χ4v) is 1.22. The Morgan fingerprint density at radius 2 is 1.73 bits per heavy atom. The van der Waals surface area contributed by atoms with Crippen LogP contribution in [0.25, 0.3) is 11.4 Å². The van der Waals surface area contributed by atoms with Gasteiger partial charge in [0.1, 0.15) is 6.73 Å². The van der Waals surface area contributed by atoms with Crippen molar-refractivity contribution in [3.05, 3.63) is 42.7 Å². The van der Waals surface area contributed by atoms with E-state index >= 15 is 0 Å². The van der Waals surface area contributed by atoms with Crippen LogP contribution in [0.2, 0.25) is 0 Å². The Kier molecular flexibility index (Phi) is 2.90. The van der Waals surface area contributed by atoms with Crippen molar-refractivity contribution in [2.24, 2.45) is 5.73 Å². The normalized spacial score (nSPS) is 9.93. The summed E-state index contributed by atoms with van der Waals surface area (Å²) in [7, 11) is 0. The van der Waals surface area contributed by atoms with Crippen molar-refractivity contribution in [1.82, 2.24) is 9.97 Å². The number of ether oxygens (including phenoxy) is 1. The lowest BCUT2D eigenvalue weighted by molar-refractivity contribution is 0.327. The van der Waals surface area contributed by atoms with E-state index < -0.39 is 0 Å². The highest BCUT2D eigenvalue weighted by atomic mass is 16.5. The van der Waals surface area contributed by atoms with Crippen LogP contribution in [0, 0.1) is 0 Å². The molecule has 0 radical (unpaired) electrons. The maximum absolute atomic E-state index is 5.23. The Morgan fingerprint density at radius 3 is 2.33 bits per heavy atom. The molecule has 1 aromatic heterocycles. The second-order valence-corrected chi connectivity index (χ2v) is 2.92. The molecule has 1 aromatic carbocycles. The van der Waals surface area contributed by atoms with Gasteiger partial charge in [-0.15, -0.1) is 0 Å². The highest BCUT2D eigenvalue weighted by molar-refractivity contribution is 5.54. The predicted octanol–water partition coefficient (Wildman–Crippen LogP) is 1.44. The number of hydrogen-bond donors (Lipinski definition) is 1. The summed E-state index contributed by atoms with van der Waals surface area (Å²) in [6.07, 6.45) is 3.23. The first-order chi connectivity index (χ1) is 7.40. The highest BCUT2D eigenvalue weighted by Crippen LogP contribution is 2.15. The van der Waals surface area contributed by atoms with E-state index in [9.17, 15) is 0 Å². The molecule has 2 aromatic rings. The molecule has 1 heterocycles. The molecule has 0 amide bonds. The minimum absolute atomic E-state index is 0.133. The minimum atomic E-state index is 0.133. The van der Waals surface area contributed by atoms with Crippen molar-refractivity contribution in [1.29, 1.82) is 0 Å². The van der Waals surface area contributed by atoms with Gasteiger partial charge in [-0.2, -0.15) is 0 Å². The largest absolute Gasteiger partial charge is 0.475 e. The van der Waals surface area contributed by atoms with Gasteiger partial charge >= 0.3 is 0 Å². The predicted molar refractivity (Wildman–Crippen MR) is 57.2 cm³/mol. The summed E-state index contributed by atoms with van der Waals surface area (Å²) in [5.41, 5.74) is 6.22. The van der Waals surface area contributed by atoms with Gasteiger partial charge < -0.3 is 4.74 Å². The Hall–Kier alpha value is -1.94. The van der Waals surface area contributed by atoms with E-state index in [0.29, 0.717) is 11.6 Å². The summed E-state index contributed by atoms with van der Waals surface area (Å²) in [4.78, 5) is 8.35. The highest BCUT2D eigenvalue weighted by Gasteiger charge is 1.99. The second-order valence-electron chi connectivity index (χ2n) is 2.92. The molecule has 0 saturated heterocycles. The van der Waals surface area contributed by atoms with Crippen LogP contribution in [-0.2, 0) is 0 Å². The van der Waals surface area contributed by atoms with Crippen LogP contribution in [0.15, 0.2) is 42.7 Å². The summed E-state index contributed by atoms with van der Waals surface area (Å²) in [6, 6.07) is 9.76. The zero-order valence-corrected chi connectivity index (χ0v) is 8.13. The van der Waals surface area contributed by atoms with E-state index in [0.717, 1.165) is 5.56 Å². The lowest BCUT2D eigenvalue weighted by Gasteiger charge is -2.02. The summed E-state index contributed by atoms with van der Waals surface area (Å²) in [5.74, 6) is 1.26. The average molecular weight is 201 g/mol. The van der Waals surface area contributed by atoms with Crippen molar-refractivity contribution < 1.29 is 4.74 Å². The molecule has 0 aliphatic carbocycles. The van der Waals surface area contributed by atoms with E-state index in [2.05, 4.69) is 9.97 Å². The van der Waals surface area contributed by atoms with Gasteiger partial charge in [0, 0.05) is 5.56 Å². The van der Waals surface area contributed by atoms with Crippen molar-refractivity contribution in [3.8, 4) is 17.1 Å². The molecule has 4 heteroatoms. The molecular formula is C11H11N3O. The van der Waals surface area contributed by atoms with Crippen LogP contribution >= 0.6 is 0 Å². The Labute approximate surface area is 87.7 Å². The van der Waals surface area contributed by atoms with Crippen LogP contribution in [-0.4, -0.2) is 16.7 Å². The van der Waals surface area contributed by atoms with Crippen LogP contribution in [0.4, 0.5) is 0 Å². The average Bonchev–Trinajstić information content (AvgIpc) is 2.32. The molecule has 76 valence electrons. The van der Waals surface area contributed by atoms with Gasteiger partial charge in [-0.25, -0.2) is 9.97 Å². The molecule has 0 aliphatic rings. The third-order valence-corrected chi connectivity index (χ3v) is 1.91. The molecular weight excluding hydrogens is 190 g/mol. The first kappa shape index (κ1) is 9.61. The lowest BCUT2D eigenvalue weighted by atomic mass is 10.2. The van der Waals surface area contributed by atoms with Crippen LogP contribution in [0.5, 0.6) is 5.75 Å². The molecule has 0 fully saturated rings. The monoisotopic (exact) mass is 201 g/mol. The zero-order valence-electron chi connectivity index (χ0n) is 8.13. The topological polar surface area (TPSA) is 61.0 Å². The molecule has 0 unspecified atom stereocenters. The smallest absolute Gasteiger partial charge is 0.159 e. The third kappa shape index (κ3) is 2.30. The van der Waals surface area contributed by atoms with Gasteiger partial charge in [0.05, 0.1) is 12.4 Å². The van der Waals surface area contributed by atoms with E-state index in [4.69, 9.17) is 10.5 Å². The van der Waals surface area contributed by atoms with Crippen molar-refractivity contribution in [2.45, 2.75) is 0 Å². The number of benzene rings is 1. The van der Waals surface area contributed by atoms with Crippen molar-refractivity contribution in [3.63, 3.8) is 0 Å². The Bertz CT molecular complexity index is 414. The van der Waals surface area contributed by atoms with Crippen LogP contribution in [0.1, 0.15) is 0 Å². The van der Waals surface area contributed by atoms with Crippen LogP contribution in [0.3, 0.4) is 0 Å². The fraction of sp³-hybridized carbons (Fsp3) is 0.0909. The van der Waals surface area contributed by atoms with Gasteiger partial charge in [0.2, 0.25) is 0 Å². The number of rotatable bonds is 3. The summed E-state index contributed by atoms with van der Waals surface area (Å²) < 4.78 is 5.05. The SMILES string of the molecule is NCOc1cnc(-c2ccccc2)nc1. The first-order valence-corrected chi connectivity index (χ1v) is 4.60. The van der Waals surface area contributed by atoms with Gasteiger partial charge in [-0.05, 0) is 0 Å². The quantitative estimate of drug-likeness (QED) is 0.763. The number of nitrogens with two attached hydrogens (primary N) is 1. The van der Waals surface area contributed by atoms with E-state index in [1.807, 2.05) is 30.3 Å². The summed E-state index contributed by atoms with van der Waals surface area (Å²) in [5, 5.41) is 0. The Morgan fingerprint density at radius 1 is 1.07 bits per heavy atom. The molecule has 0 bridgehead atoms. The van der Waals surface area contributed by atoms with E-state index in [1.54, 1.807) is 12.4 Å². The maximum Gasteiger partial charge on any atom is 0.159 e.